The number of imidazole rings is 1. The smallest absolute Gasteiger partial charge is 0.179 e. The molecule has 3 heterocycles. The minimum atomic E-state index is 0.692. The van der Waals surface area contributed by atoms with Crippen molar-refractivity contribution in [2.24, 2.45) is 5.92 Å². The molecule has 2 aromatic rings. The minimum Gasteiger partial charge on any atom is -0.329 e. The van der Waals surface area contributed by atoms with E-state index in [1.54, 1.807) is 0 Å². The molecule has 1 aliphatic heterocycles. The van der Waals surface area contributed by atoms with Crippen LogP contribution in [0.4, 0.5) is 0 Å². The first kappa shape index (κ1) is 11.9. The van der Waals surface area contributed by atoms with Crippen LogP contribution < -0.4 is 0 Å². The molecule has 0 radical (unpaired) electrons. The quantitative estimate of drug-likeness (QED) is 0.863. The van der Waals surface area contributed by atoms with Crippen LogP contribution in [0.5, 0.6) is 0 Å². The van der Waals surface area contributed by atoms with Crippen molar-refractivity contribution < 1.29 is 0 Å². The van der Waals surface area contributed by atoms with Crippen LogP contribution in [0.25, 0.3) is 11.2 Å². The van der Waals surface area contributed by atoms with Crippen molar-refractivity contribution in [1.82, 2.24) is 19.4 Å². The molecule has 4 nitrogen and oxygen atoms in total. The monoisotopic (exact) mass is 262 g/mol. The van der Waals surface area contributed by atoms with Crippen LogP contribution in [0.2, 0.25) is 0 Å². The lowest BCUT2D eigenvalue weighted by atomic mass is 10.1. The van der Waals surface area contributed by atoms with E-state index < -0.39 is 0 Å². The Morgan fingerprint density at radius 3 is 3.22 bits per heavy atom. The van der Waals surface area contributed by atoms with Gasteiger partial charge in [0.2, 0.25) is 0 Å². The van der Waals surface area contributed by atoms with Crippen LogP contribution >= 0.6 is 12.2 Å². The molecule has 0 aromatic carbocycles. The van der Waals surface area contributed by atoms with E-state index in [4.69, 9.17) is 12.2 Å². The van der Waals surface area contributed by atoms with Crippen LogP contribution in [0.15, 0.2) is 18.3 Å². The summed E-state index contributed by atoms with van der Waals surface area (Å²) >= 11 is 5.40. The van der Waals surface area contributed by atoms with Gasteiger partial charge in [-0.2, -0.15) is 0 Å². The summed E-state index contributed by atoms with van der Waals surface area (Å²) in [6.07, 6.45) is 3.09. The van der Waals surface area contributed by atoms with Crippen molar-refractivity contribution in [2.75, 3.05) is 19.6 Å². The second-order valence-electron chi connectivity index (χ2n) is 4.96. The normalized spacial score (nSPS) is 20.8. The molecule has 18 heavy (non-hydrogen) atoms. The zero-order valence-corrected chi connectivity index (χ0v) is 11.4. The van der Waals surface area contributed by atoms with Gasteiger partial charge in [0.15, 0.2) is 10.4 Å². The molecule has 3 rings (SSSR count). The minimum absolute atomic E-state index is 0.692. The summed E-state index contributed by atoms with van der Waals surface area (Å²) in [4.78, 5) is 10.2. The van der Waals surface area contributed by atoms with E-state index in [-0.39, 0.29) is 0 Å². The van der Waals surface area contributed by atoms with Crippen molar-refractivity contribution in [2.45, 2.75) is 19.9 Å². The summed E-state index contributed by atoms with van der Waals surface area (Å²) in [6, 6.07) is 3.97. The van der Waals surface area contributed by atoms with E-state index in [1.165, 1.54) is 19.5 Å². The molecular formula is C13H18N4S. The maximum Gasteiger partial charge on any atom is 0.179 e. The topological polar surface area (TPSA) is 36.9 Å². The fourth-order valence-corrected chi connectivity index (χ4v) is 3.04. The number of nitrogens with one attached hydrogen (secondary N) is 1. The zero-order chi connectivity index (χ0) is 12.5. The third kappa shape index (κ3) is 2.08. The second-order valence-corrected chi connectivity index (χ2v) is 5.35. The summed E-state index contributed by atoms with van der Waals surface area (Å²) in [5, 5.41) is 0. The third-order valence-electron chi connectivity index (χ3n) is 3.79. The first-order valence-corrected chi connectivity index (χ1v) is 6.94. The van der Waals surface area contributed by atoms with E-state index >= 15 is 0 Å². The Morgan fingerprint density at radius 2 is 2.44 bits per heavy atom. The number of fused-ring (bicyclic) bond motifs is 1. The Morgan fingerprint density at radius 1 is 1.56 bits per heavy atom. The molecule has 0 saturated carbocycles. The van der Waals surface area contributed by atoms with Gasteiger partial charge < -0.3 is 14.5 Å². The Labute approximate surface area is 112 Å². The average Bonchev–Trinajstić information content (AvgIpc) is 2.96. The molecule has 0 amide bonds. The molecule has 1 fully saturated rings. The molecule has 96 valence electrons. The van der Waals surface area contributed by atoms with Gasteiger partial charge in [0.25, 0.3) is 0 Å². The summed E-state index contributed by atoms with van der Waals surface area (Å²) < 4.78 is 2.94. The van der Waals surface area contributed by atoms with Gasteiger partial charge in [-0.3, -0.25) is 0 Å². The SMILES string of the molecule is CCN1CCC(Cn2c(=S)[nH]c3cccnc32)C1. The molecule has 2 aromatic heterocycles. The van der Waals surface area contributed by atoms with Gasteiger partial charge in [-0.05, 0) is 49.8 Å². The first-order chi connectivity index (χ1) is 8.78. The highest BCUT2D eigenvalue weighted by atomic mass is 32.1. The van der Waals surface area contributed by atoms with Crippen molar-refractivity contribution >= 4 is 23.4 Å². The number of pyridine rings is 1. The van der Waals surface area contributed by atoms with Gasteiger partial charge >= 0.3 is 0 Å². The maximum absolute atomic E-state index is 5.40. The Kier molecular flexibility index (Phi) is 3.18. The number of likely N-dealkylation sites (tertiary alicyclic amines) is 1. The van der Waals surface area contributed by atoms with Gasteiger partial charge in [-0.25, -0.2) is 4.98 Å². The molecule has 1 N–H and O–H groups in total. The van der Waals surface area contributed by atoms with Crippen LogP contribution in [0.3, 0.4) is 0 Å². The number of aromatic amines is 1. The highest BCUT2D eigenvalue weighted by Crippen LogP contribution is 2.20. The number of H-pyrrole nitrogens is 1. The van der Waals surface area contributed by atoms with E-state index in [1.807, 2.05) is 18.3 Å². The Balaban J connectivity index is 1.87. The van der Waals surface area contributed by atoms with Crippen LogP contribution in [-0.2, 0) is 6.54 Å². The van der Waals surface area contributed by atoms with E-state index in [0.717, 1.165) is 29.0 Å². The van der Waals surface area contributed by atoms with Gasteiger partial charge in [0.05, 0.1) is 5.52 Å². The van der Waals surface area contributed by atoms with Gasteiger partial charge in [-0.1, -0.05) is 6.92 Å². The van der Waals surface area contributed by atoms with Crippen molar-refractivity contribution in [3.05, 3.63) is 23.1 Å². The lowest BCUT2D eigenvalue weighted by molar-refractivity contribution is 0.333. The standard InChI is InChI=1S/C13H18N4S/c1-2-16-7-5-10(8-16)9-17-12-11(15-13(17)18)4-3-6-14-12/h3-4,6,10H,2,5,7-9H2,1H3,(H,15,18). The number of rotatable bonds is 3. The highest BCUT2D eigenvalue weighted by Gasteiger charge is 2.22. The van der Waals surface area contributed by atoms with E-state index in [9.17, 15) is 0 Å². The van der Waals surface area contributed by atoms with Gasteiger partial charge in [0.1, 0.15) is 0 Å². The predicted octanol–water partition coefficient (Wildman–Crippen LogP) is 2.44. The highest BCUT2D eigenvalue weighted by molar-refractivity contribution is 7.71. The van der Waals surface area contributed by atoms with Gasteiger partial charge in [-0.15, -0.1) is 0 Å². The Hall–Kier alpha value is -1.20. The summed E-state index contributed by atoms with van der Waals surface area (Å²) in [6.45, 7) is 6.74. The number of hydrogen-bond acceptors (Lipinski definition) is 3. The fourth-order valence-electron chi connectivity index (χ4n) is 2.77. The molecule has 5 heteroatoms. The van der Waals surface area contributed by atoms with Gasteiger partial charge in [0, 0.05) is 19.3 Å². The van der Waals surface area contributed by atoms with E-state index in [0.29, 0.717) is 5.92 Å². The maximum atomic E-state index is 5.40. The fraction of sp³-hybridized carbons (Fsp3) is 0.538. The van der Waals surface area contributed by atoms with Crippen LogP contribution in [0.1, 0.15) is 13.3 Å². The zero-order valence-electron chi connectivity index (χ0n) is 10.6. The second kappa shape index (κ2) is 4.82. The van der Waals surface area contributed by atoms with Crippen molar-refractivity contribution in [3.63, 3.8) is 0 Å². The molecule has 1 saturated heterocycles. The van der Waals surface area contributed by atoms with Crippen molar-refractivity contribution in [3.8, 4) is 0 Å². The molecule has 0 spiro atoms. The third-order valence-corrected chi connectivity index (χ3v) is 4.11. The number of nitrogens with zero attached hydrogens (tertiary/aromatic N) is 3. The summed E-state index contributed by atoms with van der Waals surface area (Å²) in [7, 11) is 0. The van der Waals surface area contributed by atoms with Crippen LogP contribution in [-0.4, -0.2) is 39.1 Å². The molecule has 0 bridgehead atoms. The number of aromatic nitrogens is 3. The largest absolute Gasteiger partial charge is 0.329 e. The number of hydrogen-bond donors (Lipinski definition) is 1. The summed E-state index contributed by atoms with van der Waals surface area (Å²) in [5.74, 6) is 0.692. The lowest BCUT2D eigenvalue weighted by Gasteiger charge is -2.13. The summed E-state index contributed by atoms with van der Waals surface area (Å²) in [5.41, 5.74) is 2.02. The molecule has 1 unspecified atom stereocenters. The molecule has 1 aliphatic rings. The lowest BCUT2D eigenvalue weighted by Crippen LogP contribution is -2.21. The molecular weight excluding hydrogens is 244 g/mol. The van der Waals surface area contributed by atoms with Crippen LogP contribution in [0, 0.1) is 10.7 Å². The average molecular weight is 262 g/mol. The predicted molar refractivity (Wildman–Crippen MR) is 75.1 cm³/mol. The molecule has 1 atom stereocenters. The Bertz CT molecular complexity index is 600. The molecule has 0 aliphatic carbocycles. The first-order valence-electron chi connectivity index (χ1n) is 6.54. The van der Waals surface area contributed by atoms with E-state index in [2.05, 4.69) is 26.4 Å². The van der Waals surface area contributed by atoms with Crippen molar-refractivity contribution in [1.29, 1.82) is 0 Å².